The Bertz CT molecular complexity index is 574. The fraction of sp³-hybridized carbons (Fsp3) is 0.615. The Morgan fingerprint density at radius 3 is 2.91 bits per heavy atom. The van der Waals surface area contributed by atoms with Crippen molar-refractivity contribution in [2.24, 2.45) is 4.99 Å². The Morgan fingerprint density at radius 1 is 1.59 bits per heavy atom. The van der Waals surface area contributed by atoms with Gasteiger partial charge < -0.3 is 20.2 Å². The maximum Gasteiger partial charge on any atom is 0.191 e. The molecule has 1 aliphatic heterocycles. The molecule has 0 radical (unpaired) electrons. The van der Waals surface area contributed by atoms with Gasteiger partial charge in [0.1, 0.15) is 11.9 Å². The summed E-state index contributed by atoms with van der Waals surface area (Å²) < 4.78 is 28.0. The fourth-order valence-electron chi connectivity index (χ4n) is 2.17. The Morgan fingerprint density at radius 2 is 2.36 bits per heavy atom. The molecule has 1 aromatic heterocycles. The molecule has 1 aliphatic rings. The maximum atomic E-state index is 11.4. The third-order valence-electron chi connectivity index (χ3n) is 3.21. The number of rotatable bonds is 5. The van der Waals surface area contributed by atoms with Gasteiger partial charge in [0.25, 0.3) is 0 Å². The van der Waals surface area contributed by atoms with Gasteiger partial charge in [-0.1, -0.05) is 0 Å². The molecule has 1 saturated heterocycles. The fourth-order valence-corrected chi connectivity index (χ4v) is 3.84. The maximum absolute atomic E-state index is 11.4. The molecule has 22 heavy (non-hydrogen) atoms. The van der Waals surface area contributed by atoms with Crippen LogP contribution >= 0.6 is 24.0 Å². The summed E-state index contributed by atoms with van der Waals surface area (Å²) in [5.41, 5.74) is 0. The number of guanidine groups is 1. The van der Waals surface area contributed by atoms with Crippen LogP contribution in [-0.4, -0.2) is 50.1 Å². The first kappa shape index (κ1) is 19.2. The molecule has 0 aliphatic carbocycles. The van der Waals surface area contributed by atoms with Gasteiger partial charge in [-0.05, 0) is 25.5 Å². The van der Waals surface area contributed by atoms with Crippen molar-refractivity contribution in [2.75, 3.05) is 24.6 Å². The third-order valence-corrected chi connectivity index (χ3v) is 4.98. The van der Waals surface area contributed by atoms with E-state index in [1.54, 1.807) is 12.1 Å². The minimum Gasteiger partial charge on any atom is -0.467 e. The first-order valence-electron chi connectivity index (χ1n) is 6.97. The van der Waals surface area contributed by atoms with Crippen LogP contribution in [0, 0.1) is 0 Å². The molecule has 9 heteroatoms. The van der Waals surface area contributed by atoms with Gasteiger partial charge in [0.2, 0.25) is 0 Å². The van der Waals surface area contributed by atoms with Gasteiger partial charge in [0.15, 0.2) is 15.8 Å². The van der Waals surface area contributed by atoms with Gasteiger partial charge in [-0.2, -0.15) is 0 Å². The van der Waals surface area contributed by atoms with Crippen molar-refractivity contribution in [3.05, 3.63) is 24.2 Å². The van der Waals surface area contributed by atoms with E-state index in [9.17, 15) is 13.5 Å². The van der Waals surface area contributed by atoms with Crippen molar-refractivity contribution in [3.8, 4) is 0 Å². The average Bonchev–Trinajstić information content (AvgIpc) is 3.05. The van der Waals surface area contributed by atoms with Crippen LogP contribution in [0.5, 0.6) is 0 Å². The van der Waals surface area contributed by atoms with E-state index < -0.39 is 15.9 Å². The topological polar surface area (TPSA) is 104 Å². The predicted molar refractivity (Wildman–Crippen MR) is 95.3 cm³/mol. The molecule has 2 unspecified atom stereocenters. The van der Waals surface area contributed by atoms with Crippen LogP contribution < -0.4 is 10.6 Å². The number of aliphatic hydroxyl groups excluding tert-OH is 1. The molecule has 0 amide bonds. The Hall–Kier alpha value is -0.810. The van der Waals surface area contributed by atoms with Crippen molar-refractivity contribution in [2.45, 2.75) is 25.5 Å². The standard InChI is InChI=1S/C13H21N3O4S.HI/c1-2-14-13(16-10-5-7-21(18,19)9-10)15-8-11(17)12-4-3-6-20-12;/h3-4,6,10-11,17H,2,5,7-9H2,1H3,(H2,14,15,16);1H. The summed E-state index contributed by atoms with van der Waals surface area (Å²) in [6, 6.07) is 3.26. The summed E-state index contributed by atoms with van der Waals surface area (Å²) >= 11 is 0. The highest BCUT2D eigenvalue weighted by Crippen LogP contribution is 2.13. The monoisotopic (exact) mass is 443 g/mol. The molecule has 0 saturated carbocycles. The van der Waals surface area contributed by atoms with Gasteiger partial charge >= 0.3 is 0 Å². The van der Waals surface area contributed by atoms with E-state index in [0.29, 0.717) is 24.7 Å². The number of aliphatic hydroxyl groups is 1. The molecule has 2 atom stereocenters. The zero-order valence-electron chi connectivity index (χ0n) is 12.4. The molecule has 0 aromatic carbocycles. The smallest absolute Gasteiger partial charge is 0.191 e. The second kappa shape index (κ2) is 8.73. The largest absolute Gasteiger partial charge is 0.467 e. The van der Waals surface area contributed by atoms with Crippen LogP contribution in [0.25, 0.3) is 0 Å². The lowest BCUT2D eigenvalue weighted by Crippen LogP contribution is -2.44. The Labute approximate surface area is 147 Å². The van der Waals surface area contributed by atoms with Crippen LogP contribution in [-0.2, 0) is 9.84 Å². The summed E-state index contributed by atoms with van der Waals surface area (Å²) in [7, 11) is -2.93. The zero-order valence-corrected chi connectivity index (χ0v) is 15.5. The van der Waals surface area contributed by atoms with Crippen LogP contribution in [0.4, 0.5) is 0 Å². The van der Waals surface area contributed by atoms with E-state index in [1.807, 2.05) is 6.92 Å². The molecule has 0 bridgehead atoms. The highest BCUT2D eigenvalue weighted by Gasteiger charge is 2.28. The summed E-state index contributed by atoms with van der Waals surface area (Å²) in [5.74, 6) is 1.29. The summed E-state index contributed by atoms with van der Waals surface area (Å²) in [4.78, 5) is 4.27. The summed E-state index contributed by atoms with van der Waals surface area (Å²) in [6.07, 6.45) is 1.26. The van der Waals surface area contributed by atoms with E-state index in [1.165, 1.54) is 6.26 Å². The van der Waals surface area contributed by atoms with E-state index in [2.05, 4.69) is 15.6 Å². The first-order chi connectivity index (χ1) is 10.00. The predicted octanol–water partition coefficient (Wildman–Crippen LogP) is 0.673. The minimum atomic E-state index is -2.93. The van der Waals surface area contributed by atoms with Crippen molar-refractivity contribution < 1.29 is 17.9 Å². The first-order valence-corrected chi connectivity index (χ1v) is 8.79. The normalized spacial score (nSPS) is 21.9. The summed E-state index contributed by atoms with van der Waals surface area (Å²) in [6.45, 7) is 2.72. The van der Waals surface area contributed by atoms with Gasteiger partial charge in [-0.3, -0.25) is 4.99 Å². The third kappa shape index (κ3) is 5.76. The molecule has 7 nitrogen and oxygen atoms in total. The van der Waals surface area contributed by atoms with Crippen LogP contribution in [0.15, 0.2) is 27.8 Å². The van der Waals surface area contributed by atoms with Gasteiger partial charge in [-0.25, -0.2) is 8.42 Å². The molecular weight excluding hydrogens is 421 g/mol. The highest BCUT2D eigenvalue weighted by molar-refractivity contribution is 14.0. The molecule has 1 fully saturated rings. The molecule has 1 aromatic rings. The van der Waals surface area contributed by atoms with Crippen molar-refractivity contribution in [3.63, 3.8) is 0 Å². The van der Waals surface area contributed by atoms with Crippen LogP contribution in [0.3, 0.4) is 0 Å². The number of nitrogens with zero attached hydrogens (tertiary/aromatic N) is 1. The van der Waals surface area contributed by atoms with Crippen LogP contribution in [0.1, 0.15) is 25.2 Å². The van der Waals surface area contributed by atoms with Crippen LogP contribution in [0.2, 0.25) is 0 Å². The van der Waals surface area contributed by atoms with E-state index in [0.717, 1.165) is 0 Å². The average molecular weight is 443 g/mol. The number of hydrogen-bond acceptors (Lipinski definition) is 5. The van der Waals surface area contributed by atoms with Crippen molar-refractivity contribution in [1.29, 1.82) is 0 Å². The number of halogens is 1. The lowest BCUT2D eigenvalue weighted by molar-refractivity contribution is 0.158. The molecule has 0 spiro atoms. The number of hydrogen-bond donors (Lipinski definition) is 3. The number of aliphatic imine (C=N–C) groups is 1. The molecule has 2 rings (SSSR count). The second-order valence-corrected chi connectivity index (χ2v) is 7.22. The number of furan rings is 1. The molecule has 2 heterocycles. The SMILES string of the molecule is CCNC(=NCC(O)c1ccco1)NC1CCS(=O)(=O)C1.I. The summed E-state index contributed by atoms with van der Waals surface area (Å²) in [5, 5.41) is 16.0. The molecule has 126 valence electrons. The molecular formula is C13H22IN3O4S. The van der Waals surface area contributed by atoms with Gasteiger partial charge in [0, 0.05) is 12.6 Å². The zero-order chi connectivity index (χ0) is 15.3. The van der Waals surface area contributed by atoms with E-state index in [-0.39, 0.29) is 48.1 Å². The second-order valence-electron chi connectivity index (χ2n) is 5.00. The van der Waals surface area contributed by atoms with Gasteiger partial charge in [-0.15, -0.1) is 24.0 Å². The lowest BCUT2D eigenvalue weighted by atomic mass is 10.2. The molecule has 3 N–H and O–H groups in total. The van der Waals surface area contributed by atoms with Crippen molar-refractivity contribution in [1.82, 2.24) is 10.6 Å². The number of sulfone groups is 1. The lowest BCUT2D eigenvalue weighted by Gasteiger charge is -2.16. The van der Waals surface area contributed by atoms with E-state index >= 15 is 0 Å². The number of nitrogens with one attached hydrogen (secondary N) is 2. The minimum absolute atomic E-state index is 0. The van der Waals surface area contributed by atoms with Crippen molar-refractivity contribution >= 4 is 39.8 Å². The highest BCUT2D eigenvalue weighted by atomic mass is 127. The quantitative estimate of drug-likeness (QED) is 0.351. The Kier molecular flexibility index (Phi) is 7.63. The Balaban J connectivity index is 0.00000242. The van der Waals surface area contributed by atoms with E-state index in [4.69, 9.17) is 4.42 Å². The van der Waals surface area contributed by atoms with Gasteiger partial charge in [0.05, 0.1) is 24.3 Å².